The van der Waals surface area contributed by atoms with E-state index in [1.165, 1.54) is 11.3 Å². The van der Waals surface area contributed by atoms with Crippen LogP contribution in [-0.2, 0) is 18.3 Å². The first-order valence-electron chi connectivity index (χ1n) is 7.56. The summed E-state index contributed by atoms with van der Waals surface area (Å²) >= 11 is 7.53. The summed E-state index contributed by atoms with van der Waals surface area (Å²) in [4.78, 5) is 17.2. The second kappa shape index (κ2) is 7.29. The molecule has 5 nitrogen and oxygen atoms in total. The van der Waals surface area contributed by atoms with E-state index < -0.39 is 0 Å². The average Bonchev–Trinajstić information content (AvgIpc) is 2.90. The van der Waals surface area contributed by atoms with Crippen LogP contribution in [0.5, 0.6) is 11.5 Å². The molecule has 25 heavy (non-hydrogen) atoms. The van der Waals surface area contributed by atoms with Gasteiger partial charge in [0.25, 0.3) is 5.91 Å². The molecule has 0 fully saturated rings. The number of hydrogen-bond donors (Lipinski definition) is 0. The Morgan fingerprint density at radius 2 is 1.88 bits per heavy atom. The van der Waals surface area contributed by atoms with Gasteiger partial charge in [0.15, 0.2) is 16.3 Å². The fourth-order valence-corrected chi connectivity index (χ4v) is 3.76. The van der Waals surface area contributed by atoms with Crippen LogP contribution in [-0.4, -0.2) is 24.7 Å². The standard InChI is InChI=1S/C18H17ClN2O3S/c1-21-13-9-14(23-2)15(24-3)10-16(13)25-18(21)20-17(22)8-11-6-4-5-7-12(11)19/h4-7,9-10H,8H2,1-3H3. The zero-order valence-electron chi connectivity index (χ0n) is 14.1. The molecule has 2 aromatic carbocycles. The second-order valence-corrected chi connectivity index (χ2v) is 6.81. The van der Waals surface area contributed by atoms with Crippen molar-refractivity contribution in [3.63, 3.8) is 0 Å². The molecule has 130 valence electrons. The molecule has 0 N–H and O–H groups in total. The monoisotopic (exact) mass is 376 g/mol. The van der Waals surface area contributed by atoms with Crippen LogP contribution in [0.1, 0.15) is 5.56 Å². The molecule has 0 aliphatic rings. The Balaban J connectivity index is 2.00. The highest BCUT2D eigenvalue weighted by Crippen LogP contribution is 2.33. The van der Waals surface area contributed by atoms with Crippen molar-refractivity contribution in [2.45, 2.75) is 6.42 Å². The van der Waals surface area contributed by atoms with Gasteiger partial charge in [0.05, 0.1) is 30.9 Å². The smallest absolute Gasteiger partial charge is 0.252 e. The van der Waals surface area contributed by atoms with Crippen LogP contribution < -0.4 is 14.3 Å². The van der Waals surface area contributed by atoms with Gasteiger partial charge in [0, 0.05) is 24.2 Å². The van der Waals surface area contributed by atoms with Crippen molar-refractivity contribution in [2.75, 3.05) is 14.2 Å². The topological polar surface area (TPSA) is 52.8 Å². The van der Waals surface area contributed by atoms with Crippen LogP contribution in [0.25, 0.3) is 10.2 Å². The van der Waals surface area contributed by atoms with Crippen LogP contribution in [0, 0.1) is 0 Å². The molecule has 1 aromatic heterocycles. The summed E-state index contributed by atoms with van der Waals surface area (Å²) in [5.41, 5.74) is 1.69. The van der Waals surface area contributed by atoms with Gasteiger partial charge in [-0.2, -0.15) is 4.99 Å². The maximum atomic E-state index is 12.3. The quantitative estimate of drug-likeness (QED) is 0.699. The normalized spacial score (nSPS) is 11.8. The van der Waals surface area contributed by atoms with E-state index >= 15 is 0 Å². The highest BCUT2D eigenvalue weighted by molar-refractivity contribution is 7.16. The summed E-state index contributed by atoms with van der Waals surface area (Å²) in [7, 11) is 5.05. The number of amides is 1. The Morgan fingerprint density at radius 3 is 2.56 bits per heavy atom. The van der Waals surface area contributed by atoms with Gasteiger partial charge in [-0.1, -0.05) is 41.1 Å². The number of carbonyl (C=O) groups excluding carboxylic acids is 1. The number of hydrogen-bond acceptors (Lipinski definition) is 4. The van der Waals surface area contributed by atoms with Crippen molar-refractivity contribution in [1.29, 1.82) is 0 Å². The van der Waals surface area contributed by atoms with E-state index in [1.807, 2.05) is 41.9 Å². The van der Waals surface area contributed by atoms with Crippen LogP contribution in [0.4, 0.5) is 0 Å². The van der Waals surface area contributed by atoms with Gasteiger partial charge in [0.1, 0.15) is 0 Å². The number of methoxy groups -OCH3 is 2. The predicted molar refractivity (Wildman–Crippen MR) is 99.6 cm³/mol. The van der Waals surface area contributed by atoms with Crippen LogP contribution in [0.2, 0.25) is 5.02 Å². The number of thiazole rings is 1. The van der Waals surface area contributed by atoms with Crippen LogP contribution >= 0.6 is 22.9 Å². The summed E-state index contributed by atoms with van der Waals surface area (Å²) < 4.78 is 13.5. The Hall–Kier alpha value is -2.31. The molecule has 0 saturated heterocycles. The van der Waals surface area contributed by atoms with Crippen LogP contribution in [0.3, 0.4) is 0 Å². The van der Waals surface area contributed by atoms with E-state index in [0.717, 1.165) is 15.8 Å². The molecule has 0 aliphatic heterocycles. The van der Waals surface area contributed by atoms with Gasteiger partial charge in [-0.05, 0) is 11.6 Å². The third kappa shape index (κ3) is 3.55. The third-order valence-electron chi connectivity index (χ3n) is 3.83. The van der Waals surface area contributed by atoms with E-state index in [2.05, 4.69) is 4.99 Å². The minimum Gasteiger partial charge on any atom is -0.493 e. The zero-order valence-corrected chi connectivity index (χ0v) is 15.6. The Bertz CT molecular complexity index is 1010. The molecule has 0 aliphatic carbocycles. The molecular formula is C18H17ClN2O3S. The fourth-order valence-electron chi connectivity index (χ4n) is 2.51. The van der Waals surface area contributed by atoms with Crippen molar-refractivity contribution < 1.29 is 14.3 Å². The Labute approximate surface area is 154 Å². The third-order valence-corrected chi connectivity index (χ3v) is 5.30. The Kier molecular flexibility index (Phi) is 5.11. The lowest BCUT2D eigenvalue weighted by molar-refractivity contribution is -0.117. The number of ether oxygens (including phenoxy) is 2. The predicted octanol–water partition coefficient (Wildman–Crippen LogP) is 3.58. The SMILES string of the molecule is COc1cc2sc(=NC(=O)Cc3ccccc3Cl)n(C)c2cc1OC. The number of carbonyl (C=O) groups is 1. The van der Waals surface area contributed by atoms with E-state index in [4.69, 9.17) is 21.1 Å². The number of fused-ring (bicyclic) bond motifs is 1. The molecule has 3 rings (SSSR count). The van der Waals surface area contributed by atoms with E-state index in [1.54, 1.807) is 20.3 Å². The van der Waals surface area contributed by atoms with Gasteiger partial charge in [-0.3, -0.25) is 4.79 Å². The van der Waals surface area contributed by atoms with Crippen molar-refractivity contribution in [2.24, 2.45) is 12.0 Å². The van der Waals surface area contributed by atoms with Gasteiger partial charge in [0.2, 0.25) is 0 Å². The van der Waals surface area contributed by atoms with Crippen molar-refractivity contribution in [3.05, 3.63) is 51.8 Å². The summed E-state index contributed by atoms with van der Waals surface area (Å²) in [6, 6.07) is 11.0. The molecule has 3 aromatic rings. The van der Waals surface area contributed by atoms with E-state index in [-0.39, 0.29) is 12.3 Å². The van der Waals surface area contributed by atoms with Gasteiger partial charge in [-0.25, -0.2) is 0 Å². The molecule has 0 bridgehead atoms. The lowest BCUT2D eigenvalue weighted by atomic mass is 10.1. The lowest BCUT2D eigenvalue weighted by Gasteiger charge is -2.07. The first-order chi connectivity index (χ1) is 12.0. The minimum atomic E-state index is -0.241. The Morgan fingerprint density at radius 1 is 1.20 bits per heavy atom. The summed E-state index contributed by atoms with van der Waals surface area (Å²) in [5.74, 6) is 1.04. The van der Waals surface area contributed by atoms with Crippen LogP contribution in [0.15, 0.2) is 41.4 Å². The molecule has 7 heteroatoms. The van der Waals surface area contributed by atoms with Crippen molar-refractivity contribution in [1.82, 2.24) is 4.57 Å². The first kappa shape index (κ1) is 17.5. The number of nitrogens with zero attached hydrogens (tertiary/aromatic N) is 2. The molecule has 0 unspecified atom stereocenters. The number of rotatable bonds is 4. The van der Waals surface area contributed by atoms with Crippen molar-refractivity contribution in [3.8, 4) is 11.5 Å². The number of benzene rings is 2. The highest BCUT2D eigenvalue weighted by Gasteiger charge is 2.12. The first-order valence-corrected chi connectivity index (χ1v) is 8.75. The summed E-state index contributed by atoms with van der Waals surface area (Å²) in [6.45, 7) is 0. The van der Waals surface area contributed by atoms with E-state index in [0.29, 0.717) is 21.3 Å². The maximum absolute atomic E-state index is 12.3. The van der Waals surface area contributed by atoms with E-state index in [9.17, 15) is 4.79 Å². The van der Waals surface area contributed by atoms with Gasteiger partial charge >= 0.3 is 0 Å². The molecule has 0 radical (unpaired) electrons. The molecule has 0 spiro atoms. The zero-order chi connectivity index (χ0) is 18.0. The lowest BCUT2D eigenvalue weighted by Crippen LogP contribution is -2.14. The number of halogens is 1. The molecular weight excluding hydrogens is 360 g/mol. The highest BCUT2D eigenvalue weighted by atomic mass is 35.5. The molecule has 1 heterocycles. The maximum Gasteiger partial charge on any atom is 0.252 e. The van der Waals surface area contributed by atoms with Gasteiger partial charge < -0.3 is 14.0 Å². The average molecular weight is 377 g/mol. The van der Waals surface area contributed by atoms with Gasteiger partial charge in [-0.15, -0.1) is 0 Å². The largest absolute Gasteiger partial charge is 0.493 e. The summed E-state index contributed by atoms with van der Waals surface area (Å²) in [6.07, 6.45) is 0.167. The molecule has 0 atom stereocenters. The minimum absolute atomic E-state index is 0.167. The number of aromatic nitrogens is 1. The molecule has 1 amide bonds. The van der Waals surface area contributed by atoms with Crippen molar-refractivity contribution >= 4 is 39.1 Å². The second-order valence-electron chi connectivity index (χ2n) is 5.39. The fraction of sp³-hybridized carbons (Fsp3) is 0.222. The number of aryl methyl sites for hydroxylation is 1. The molecule has 0 saturated carbocycles. The summed E-state index contributed by atoms with van der Waals surface area (Å²) in [5, 5.41) is 0.571.